The first-order valence-electron chi connectivity index (χ1n) is 9.82. The molecule has 2 amide bonds. The van der Waals surface area contributed by atoms with Crippen LogP contribution in [0.4, 0.5) is 8.78 Å². The van der Waals surface area contributed by atoms with Gasteiger partial charge in [-0.15, -0.1) is 0 Å². The summed E-state index contributed by atoms with van der Waals surface area (Å²) in [7, 11) is 0. The molecule has 0 aliphatic carbocycles. The first-order valence-corrected chi connectivity index (χ1v) is 9.82. The number of carbonyl (C=O) groups excluding carboxylic acids is 2. The molecule has 1 N–H and O–H groups in total. The molecule has 4 rings (SSSR count). The summed E-state index contributed by atoms with van der Waals surface area (Å²) in [5, 5.41) is 10.1. The predicted octanol–water partition coefficient (Wildman–Crippen LogP) is 1.12. The number of benzene rings is 1. The second-order valence-electron chi connectivity index (χ2n) is 8.13. The number of rotatable bonds is 5. The molecule has 3 saturated heterocycles. The molecule has 1 aromatic rings. The van der Waals surface area contributed by atoms with E-state index in [9.17, 15) is 23.5 Å². The van der Waals surface area contributed by atoms with E-state index in [2.05, 4.69) is 0 Å². The first-order chi connectivity index (χ1) is 13.4. The number of nitrogens with zero attached hydrogens (tertiary/aromatic N) is 3. The quantitative estimate of drug-likeness (QED) is 0.760. The third kappa shape index (κ3) is 3.03. The van der Waals surface area contributed by atoms with Gasteiger partial charge in [0.05, 0.1) is 12.1 Å². The van der Waals surface area contributed by atoms with Crippen molar-refractivity contribution in [2.24, 2.45) is 0 Å². The molecular weight excluding hydrogens is 368 g/mol. The van der Waals surface area contributed by atoms with Gasteiger partial charge in [-0.1, -0.05) is 19.4 Å². The highest BCUT2D eigenvalue weighted by Crippen LogP contribution is 2.40. The SMILES string of the molecule is CCCCN1C(=O)C2CC(O)CN2C2(CN(Cc3ccc(F)c(F)c3)C2)C1=O. The minimum Gasteiger partial charge on any atom is -0.392 e. The number of unbranched alkanes of at least 4 members (excludes halogenated alkanes) is 1. The van der Waals surface area contributed by atoms with Crippen LogP contribution in [-0.4, -0.2) is 75.5 Å². The van der Waals surface area contributed by atoms with Crippen molar-refractivity contribution in [1.82, 2.24) is 14.7 Å². The van der Waals surface area contributed by atoms with E-state index in [4.69, 9.17) is 0 Å². The van der Waals surface area contributed by atoms with Crippen LogP contribution >= 0.6 is 0 Å². The number of amides is 2. The Bertz CT molecular complexity index is 797. The van der Waals surface area contributed by atoms with Crippen LogP contribution in [0, 0.1) is 11.6 Å². The lowest BCUT2D eigenvalue weighted by Gasteiger charge is -2.58. The Morgan fingerprint density at radius 2 is 1.96 bits per heavy atom. The van der Waals surface area contributed by atoms with Crippen LogP contribution in [0.1, 0.15) is 31.7 Å². The molecule has 6 nitrogen and oxygen atoms in total. The molecule has 152 valence electrons. The molecule has 8 heteroatoms. The van der Waals surface area contributed by atoms with Gasteiger partial charge in [-0.25, -0.2) is 8.78 Å². The standard InChI is InChI=1S/C20H25F2N3O3/c1-2-3-6-24-18(27)17-8-14(26)10-25(17)20(19(24)28)11-23(12-20)9-13-4-5-15(21)16(22)7-13/h4-5,7,14,17,26H,2-3,6,8-12H2,1H3. The van der Waals surface area contributed by atoms with Crippen LogP contribution in [0.5, 0.6) is 0 Å². The van der Waals surface area contributed by atoms with Crippen LogP contribution in [0.15, 0.2) is 18.2 Å². The summed E-state index contributed by atoms with van der Waals surface area (Å²) in [6.07, 6.45) is 1.36. The van der Waals surface area contributed by atoms with Gasteiger partial charge in [0, 0.05) is 32.7 Å². The van der Waals surface area contributed by atoms with Crippen molar-refractivity contribution in [1.29, 1.82) is 0 Å². The van der Waals surface area contributed by atoms with Gasteiger partial charge in [-0.2, -0.15) is 0 Å². The minimum absolute atomic E-state index is 0.196. The van der Waals surface area contributed by atoms with Gasteiger partial charge in [0.25, 0.3) is 5.91 Å². The highest BCUT2D eigenvalue weighted by Gasteiger charge is 2.63. The Kier molecular flexibility index (Phi) is 4.97. The van der Waals surface area contributed by atoms with E-state index in [-0.39, 0.29) is 11.8 Å². The number of hydrogen-bond donors (Lipinski definition) is 1. The Balaban J connectivity index is 1.53. The van der Waals surface area contributed by atoms with Crippen molar-refractivity contribution in [3.63, 3.8) is 0 Å². The zero-order valence-corrected chi connectivity index (χ0v) is 15.9. The maximum absolute atomic E-state index is 13.5. The lowest BCUT2D eigenvalue weighted by Crippen LogP contribution is -2.81. The monoisotopic (exact) mass is 393 g/mol. The molecule has 0 radical (unpaired) electrons. The molecule has 1 spiro atoms. The second-order valence-corrected chi connectivity index (χ2v) is 8.13. The van der Waals surface area contributed by atoms with Crippen LogP contribution < -0.4 is 0 Å². The molecule has 0 bridgehead atoms. The normalized spacial score (nSPS) is 27.4. The Morgan fingerprint density at radius 3 is 2.64 bits per heavy atom. The Labute approximate surface area is 162 Å². The average Bonchev–Trinajstić information content (AvgIpc) is 3.02. The van der Waals surface area contributed by atoms with E-state index in [1.165, 1.54) is 17.0 Å². The summed E-state index contributed by atoms with van der Waals surface area (Å²) >= 11 is 0. The number of fused-ring (bicyclic) bond motifs is 2. The van der Waals surface area contributed by atoms with E-state index < -0.39 is 29.3 Å². The maximum atomic E-state index is 13.5. The first kappa shape index (κ1) is 19.4. The summed E-state index contributed by atoms with van der Waals surface area (Å²) in [6.45, 7) is 3.93. The zero-order valence-electron chi connectivity index (χ0n) is 15.9. The van der Waals surface area contributed by atoms with Gasteiger partial charge in [0.15, 0.2) is 11.6 Å². The summed E-state index contributed by atoms with van der Waals surface area (Å²) in [5.41, 5.74) is -0.184. The number of aliphatic hydroxyl groups excluding tert-OH is 1. The predicted molar refractivity (Wildman–Crippen MR) is 97.1 cm³/mol. The number of imide groups is 1. The number of hydrogen-bond acceptors (Lipinski definition) is 5. The molecule has 3 aliphatic heterocycles. The van der Waals surface area contributed by atoms with Crippen molar-refractivity contribution in [2.75, 3.05) is 26.2 Å². The molecule has 0 aromatic heterocycles. The number of halogens is 2. The van der Waals surface area contributed by atoms with E-state index >= 15 is 0 Å². The van der Waals surface area contributed by atoms with Crippen LogP contribution in [0.3, 0.4) is 0 Å². The van der Waals surface area contributed by atoms with E-state index in [1.807, 2.05) is 16.7 Å². The van der Waals surface area contributed by atoms with Crippen molar-refractivity contribution in [2.45, 2.75) is 50.4 Å². The molecule has 0 saturated carbocycles. The molecule has 3 heterocycles. The van der Waals surface area contributed by atoms with Crippen LogP contribution in [-0.2, 0) is 16.1 Å². The average molecular weight is 393 g/mol. The van der Waals surface area contributed by atoms with Crippen molar-refractivity contribution < 1.29 is 23.5 Å². The number of carbonyl (C=O) groups is 2. The highest BCUT2D eigenvalue weighted by molar-refractivity contribution is 6.06. The smallest absolute Gasteiger partial charge is 0.252 e. The molecule has 28 heavy (non-hydrogen) atoms. The lowest BCUT2D eigenvalue weighted by molar-refractivity contribution is -0.180. The minimum atomic E-state index is -0.888. The fourth-order valence-corrected chi connectivity index (χ4v) is 4.72. The third-order valence-corrected chi connectivity index (χ3v) is 6.12. The van der Waals surface area contributed by atoms with E-state index in [0.717, 1.165) is 18.9 Å². The molecule has 2 unspecified atom stereocenters. The maximum Gasteiger partial charge on any atom is 0.252 e. The summed E-state index contributed by atoms with van der Waals surface area (Å²) in [5.74, 6) is -2.18. The van der Waals surface area contributed by atoms with E-state index in [1.54, 1.807) is 0 Å². The number of likely N-dealkylation sites (tertiary alicyclic amines) is 1. The van der Waals surface area contributed by atoms with Crippen LogP contribution in [0.25, 0.3) is 0 Å². The molecule has 2 atom stereocenters. The second kappa shape index (κ2) is 7.17. The van der Waals surface area contributed by atoms with E-state index in [0.29, 0.717) is 44.7 Å². The summed E-state index contributed by atoms with van der Waals surface area (Å²) in [4.78, 5) is 31.3. The third-order valence-electron chi connectivity index (χ3n) is 6.12. The van der Waals surface area contributed by atoms with Crippen molar-refractivity contribution >= 4 is 11.8 Å². The Hall–Kier alpha value is -1.90. The largest absolute Gasteiger partial charge is 0.392 e. The summed E-state index contributed by atoms with van der Waals surface area (Å²) in [6, 6.07) is 3.34. The Morgan fingerprint density at radius 1 is 1.21 bits per heavy atom. The number of β-amino-alcohol motifs (C(OH)–C–C–N with tert-alkyl or cyclic N) is 1. The summed E-state index contributed by atoms with van der Waals surface area (Å²) < 4.78 is 26.6. The van der Waals surface area contributed by atoms with Gasteiger partial charge < -0.3 is 5.11 Å². The zero-order chi connectivity index (χ0) is 20.1. The van der Waals surface area contributed by atoms with Crippen LogP contribution in [0.2, 0.25) is 0 Å². The number of piperazine rings is 1. The molecular formula is C20H25F2N3O3. The van der Waals surface area contributed by atoms with Gasteiger partial charge in [0.1, 0.15) is 5.54 Å². The fourth-order valence-electron chi connectivity index (χ4n) is 4.72. The van der Waals surface area contributed by atoms with Gasteiger partial charge >= 0.3 is 0 Å². The fraction of sp³-hybridized carbons (Fsp3) is 0.600. The van der Waals surface area contributed by atoms with Gasteiger partial charge in [0.2, 0.25) is 5.91 Å². The molecule has 3 fully saturated rings. The molecule has 1 aromatic carbocycles. The van der Waals surface area contributed by atoms with Gasteiger partial charge in [-0.3, -0.25) is 24.3 Å². The van der Waals surface area contributed by atoms with Gasteiger partial charge in [-0.05, 0) is 30.5 Å². The van der Waals surface area contributed by atoms with Crippen molar-refractivity contribution in [3.8, 4) is 0 Å². The number of aliphatic hydroxyl groups is 1. The highest BCUT2D eigenvalue weighted by atomic mass is 19.2. The van der Waals surface area contributed by atoms with Crippen molar-refractivity contribution in [3.05, 3.63) is 35.4 Å². The lowest BCUT2D eigenvalue weighted by atomic mass is 9.82. The topological polar surface area (TPSA) is 64.1 Å². The molecule has 3 aliphatic rings.